The average Bonchev–Trinajstić information content (AvgIpc) is 3.37. The van der Waals surface area contributed by atoms with Gasteiger partial charge in [-0.15, -0.1) is 0 Å². The number of piperazine rings is 1. The summed E-state index contributed by atoms with van der Waals surface area (Å²) in [6, 6.07) is 11.4. The van der Waals surface area contributed by atoms with Crippen LogP contribution in [-0.4, -0.2) is 69.3 Å². The molecule has 1 fully saturated rings. The number of benzene rings is 1. The minimum atomic E-state index is -0.236. The first kappa shape index (κ1) is 22.2. The smallest absolute Gasteiger partial charge is 0.239 e. The van der Waals surface area contributed by atoms with Crippen molar-refractivity contribution in [1.29, 1.82) is 5.26 Å². The van der Waals surface area contributed by atoms with Crippen LogP contribution in [0.3, 0.4) is 0 Å². The number of aryl methyl sites for hydroxylation is 2. The van der Waals surface area contributed by atoms with Crippen LogP contribution in [-0.2, 0) is 16.0 Å². The minimum Gasteiger partial charge on any atom is -0.361 e. The Morgan fingerprint density at radius 3 is 2.52 bits per heavy atom. The Kier molecular flexibility index (Phi) is 6.51. The molecule has 2 amide bonds. The molecule has 170 valence electrons. The third-order valence-corrected chi connectivity index (χ3v) is 5.75. The van der Waals surface area contributed by atoms with Crippen LogP contribution < -0.4 is 5.32 Å². The van der Waals surface area contributed by atoms with Crippen LogP contribution in [0, 0.1) is 25.2 Å². The molecule has 0 aliphatic carbocycles. The largest absolute Gasteiger partial charge is 0.361 e. The zero-order chi connectivity index (χ0) is 23.4. The monoisotopic (exact) mass is 447 g/mol. The SMILES string of the molecule is Cc1noc(C)c1CC(=O)N1CCN(CC(=O)Nc2c(C#N)cnn2-c2ccccc2)CC1. The molecular formula is C23H25N7O3. The standard InChI is InChI=1S/C23H25N7O3/c1-16-20(17(2)33-27-16)12-22(32)29-10-8-28(9-11-29)15-21(31)26-23-18(13-24)14-25-30(23)19-6-4-3-5-7-19/h3-7,14H,8-12,15H2,1-2H3,(H,26,31). The number of anilines is 1. The second-order valence-electron chi connectivity index (χ2n) is 7.95. The fraction of sp³-hybridized carbons (Fsp3) is 0.348. The Morgan fingerprint density at radius 1 is 1.15 bits per heavy atom. The number of amides is 2. The second kappa shape index (κ2) is 9.67. The van der Waals surface area contributed by atoms with Crippen LogP contribution in [0.25, 0.3) is 5.69 Å². The van der Waals surface area contributed by atoms with E-state index in [1.54, 1.807) is 16.5 Å². The average molecular weight is 447 g/mol. The van der Waals surface area contributed by atoms with Gasteiger partial charge in [-0.2, -0.15) is 10.4 Å². The molecule has 1 aliphatic rings. The van der Waals surface area contributed by atoms with Crippen molar-refractivity contribution in [2.75, 3.05) is 38.0 Å². The molecule has 1 saturated heterocycles. The summed E-state index contributed by atoms with van der Waals surface area (Å²) in [5.74, 6) is 0.809. The number of nitriles is 1. The van der Waals surface area contributed by atoms with Crippen LogP contribution in [0.5, 0.6) is 0 Å². The van der Waals surface area contributed by atoms with Crippen molar-refractivity contribution in [2.45, 2.75) is 20.3 Å². The van der Waals surface area contributed by atoms with E-state index in [4.69, 9.17) is 4.52 Å². The Morgan fingerprint density at radius 2 is 1.88 bits per heavy atom. The predicted octanol–water partition coefficient (Wildman–Crippen LogP) is 1.67. The highest BCUT2D eigenvalue weighted by Crippen LogP contribution is 2.20. The predicted molar refractivity (Wildman–Crippen MR) is 120 cm³/mol. The Labute approximate surface area is 191 Å². The van der Waals surface area contributed by atoms with E-state index in [0.717, 1.165) is 16.9 Å². The second-order valence-corrected chi connectivity index (χ2v) is 7.95. The quantitative estimate of drug-likeness (QED) is 0.610. The molecule has 2 aromatic heterocycles. The maximum Gasteiger partial charge on any atom is 0.239 e. The molecule has 0 radical (unpaired) electrons. The molecule has 10 nitrogen and oxygen atoms in total. The van der Waals surface area contributed by atoms with Crippen molar-refractivity contribution in [3.63, 3.8) is 0 Å². The maximum atomic E-state index is 12.7. The van der Waals surface area contributed by atoms with Crippen molar-refractivity contribution >= 4 is 17.6 Å². The zero-order valence-electron chi connectivity index (χ0n) is 18.6. The van der Waals surface area contributed by atoms with Gasteiger partial charge < -0.3 is 14.7 Å². The van der Waals surface area contributed by atoms with Gasteiger partial charge in [0.15, 0.2) is 5.82 Å². The topological polar surface area (TPSA) is 120 Å². The lowest BCUT2D eigenvalue weighted by Gasteiger charge is -2.34. The number of para-hydroxylation sites is 1. The number of nitrogens with zero attached hydrogens (tertiary/aromatic N) is 6. The van der Waals surface area contributed by atoms with E-state index in [2.05, 4.69) is 21.6 Å². The van der Waals surface area contributed by atoms with Gasteiger partial charge in [0.2, 0.25) is 11.8 Å². The Hall–Kier alpha value is -3.97. The van der Waals surface area contributed by atoms with Gasteiger partial charge in [-0.1, -0.05) is 23.4 Å². The van der Waals surface area contributed by atoms with E-state index in [0.29, 0.717) is 43.3 Å². The van der Waals surface area contributed by atoms with Crippen molar-refractivity contribution < 1.29 is 14.1 Å². The van der Waals surface area contributed by atoms with Crippen molar-refractivity contribution in [1.82, 2.24) is 24.7 Å². The molecule has 1 aromatic carbocycles. The van der Waals surface area contributed by atoms with E-state index < -0.39 is 0 Å². The molecule has 1 aliphatic heterocycles. The lowest BCUT2D eigenvalue weighted by molar-refractivity contribution is -0.132. The molecule has 33 heavy (non-hydrogen) atoms. The molecule has 0 atom stereocenters. The van der Waals surface area contributed by atoms with Crippen molar-refractivity contribution in [3.8, 4) is 11.8 Å². The van der Waals surface area contributed by atoms with Crippen LogP contribution in [0.15, 0.2) is 41.1 Å². The first-order valence-electron chi connectivity index (χ1n) is 10.7. The molecular weight excluding hydrogens is 422 g/mol. The van der Waals surface area contributed by atoms with Gasteiger partial charge in [0, 0.05) is 31.7 Å². The Bertz CT molecular complexity index is 1170. The molecule has 3 aromatic rings. The molecule has 0 unspecified atom stereocenters. The molecule has 0 spiro atoms. The third-order valence-electron chi connectivity index (χ3n) is 5.75. The van der Waals surface area contributed by atoms with Gasteiger partial charge >= 0.3 is 0 Å². The van der Waals surface area contributed by atoms with Crippen molar-refractivity contribution in [3.05, 3.63) is 59.1 Å². The molecule has 4 rings (SSSR count). The van der Waals surface area contributed by atoms with E-state index in [1.807, 2.05) is 42.2 Å². The number of hydrogen-bond acceptors (Lipinski definition) is 7. The third kappa shape index (κ3) is 4.94. The fourth-order valence-electron chi connectivity index (χ4n) is 3.86. The van der Waals surface area contributed by atoms with Crippen LogP contribution in [0.1, 0.15) is 22.6 Å². The summed E-state index contributed by atoms with van der Waals surface area (Å²) in [7, 11) is 0. The van der Waals surface area contributed by atoms with E-state index in [-0.39, 0.29) is 24.8 Å². The number of nitrogens with one attached hydrogen (secondary N) is 1. The number of hydrogen-bond donors (Lipinski definition) is 1. The number of carbonyl (C=O) groups is 2. The van der Waals surface area contributed by atoms with E-state index in [1.165, 1.54) is 6.20 Å². The van der Waals surface area contributed by atoms with Gasteiger partial charge in [-0.25, -0.2) is 4.68 Å². The van der Waals surface area contributed by atoms with Crippen molar-refractivity contribution in [2.24, 2.45) is 0 Å². The van der Waals surface area contributed by atoms with Crippen LogP contribution in [0.2, 0.25) is 0 Å². The lowest BCUT2D eigenvalue weighted by Crippen LogP contribution is -2.50. The van der Waals surface area contributed by atoms with Crippen LogP contribution in [0.4, 0.5) is 5.82 Å². The fourth-order valence-corrected chi connectivity index (χ4v) is 3.86. The summed E-state index contributed by atoms with van der Waals surface area (Å²) in [5, 5.41) is 20.4. The molecule has 3 heterocycles. The van der Waals surface area contributed by atoms with Crippen LogP contribution >= 0.6 is 0 Å². The number of aromatic nitrogens is 3. The highest BCUT2D eigenvalue weighted by atomic mass is 16.5. The number of rotatable bonds is 6. The molecule has 0 bridgehead atoms. The maximum absolute atomic E-state index is 12.7. The number of carbonyl (C=O) groups excluding carboxylic acids is 2. The lowest BCUT2D eigenvalue weighted by atomic mass is 10.1. The first-order valence-corrected chi connectivity index (χ1v) is 10.7. The van der Waals surface area contributed by atoms with Gasteiger partial charge in [-0.05, 0) is 26.0 Å². The van der Waals surface area contributed by atoms with Gasteiger partial charge in [0.25, 0.3) is 0 Å². The molecule has 10 heteroatoms. The summed E-state index contributed by atoms with van der Waals surface area (Å²) in [4.78, 5) is 29.2. The van der Waals surface area contributed by atoms with Gasteiger partial charge in [0.05, 0.1) is 30.5 Å². The Balaban J connectivity index is 1.33. The summed E-state index contributed by atoms with van der Waals surface area (Å²) in [6.07, 6.45) is 1.70. The minimum absolute atomic E-state index is 0.0268. The van der Waals surface area contributed by atoms with E-state index in [9.17, 15) is 14.9 Å². The summed E-state index contributed by atoms with van der Waals surface area (Å²) in [5.41, 5.74) is 2.62. The zero-order valence-corrected chi connectivity index (χ0v) is 18.6. The summed E-state index contributed by atoms with van der Waals surface area (Å²) >= 11 is 0. The van der Waals surface area contributed by atoms with Gasteiger partial charge in [0.1, 0.15) is 17.4 Å². The van der Waals surface area contributed by atoms with E-state index >= 15 is 0 Å². The molecule has 1 N–H and O–H groups in total. The summed E-state index contributed by atoms with van der Waals surface area (Å²) < 4.78 is 6.68. The highest BCUT2D eigenvalue weighted by Gasteiger charge is 2.25. The summed E-state index contributed by atoms with van der Waals surface area (Å²) in [6.45, 7) is 6.06. The first-order chi connectivity index (χ1) is 16.0. The normalized spacial score (nSPS) is 14.2. The molecule has 0 saturated carbocycles. The highest BCUT2D eigenvalue weighted by molar-refractivity contribution is 5.93. The van der Waals surface area contributed by atoms with Gasteiger partial charge in [-0.3, -0.25) is 14.5 Å².